The Morgan fingerprint density at radius 3 is 2.08 bits per heavy atom. The average Bonchev–Trinajstić information content (AvgIpc) is 2.62. The summed E-state index contributed by atoms with van der Waals surface area (Å²) in [5.41, 5.74) is 0.727. The summed E-state index contributed by atoms with van der Waals surface area (Å²) in [6, 6.07) is 20.2. The number of halogens is 1. The van der Waals surface area contributed by atoms with Crippen LogP contribution in [-0.2, 0) is 0 Å². The van der Waals surface area contributed by atoms with Crippen LogP contribution in [0.3, 0.4) is 0 Å². The van der Waals surface area contributed by atoms with Crippen LogP contribution in [0.15, 0.2) is 72.8 Å². The third-order valence-electron chi connectivity index (χ3n) is 3.51. The maximum absolute atomic E-state index is 13.7. The Morgan fingerprint density at radius 2 is 1.46 bits per heavy atom. The van der Waals surface area contributed by atoms with Gasteiger partial charge in [-0.05, 0) is 54.6 Å². The standard InChI is InChI=1S/C20H15FO3/c1-23-19-12-9-15(13-18(19)21)20(22)14-7-10-17(11-8-14)24-16-5-3-2-4-6-16/h2-13H,1H3. The Bertz CT molecular complexity index is 843. The summed E-state index contributed by atoms with van der Waals surface area (Å²) in [4.78, 5) is 12.4. The summed E-state index contributed by atoms with van der Waals surface area (Å²) in [7, 11) is 1.38. The number of para-hydroxylation sites is 1. The zero-order chi connectivity index (χ0) is 16.9. The number of ketones is 1. The van der Waals surface area contributed by atoms with Gasteiger partial charge in [-0.15, -0.1) is 0 Å². The van der Waals surface area contributed by atoms with Gasteiger partial charge in [0.05, 0.1) is 7.11 Å². The number of hydrogen-bond acceptors (Lipinski definition) is 3. The molecule has 0 spiro atoms. The minimum atomic E-state index is -0.563. The highest BCUT2D eigenvalue weighted by Crippen LogP contribution is 2.23. The Kier molecular flexibility index (Phi) is 4.57. The first kappa shape index (κ1) is 15.7. The number of carbonyl (C=O) groups excluding carboxylic acids is 1. The normalized spacial score (nSPS) is 10.2. The topological polar surface area (TPSA) is 35.5 Å². The Hall–Kier alpha value is -3.14. The summed E-state index contributed by atoms with van der Waals surface area (Å²) >= 11 is 0. The number of carbonyl (C=O) groups is 1. The zero-order valence-corrected chi connectivity index (χ0v) is 13.0. The van der Waals surface area contributed by atoms with Crippen molar-refractivity contribution >= 4 is 5.78 Å². The van der Waals surface area contributed by atoms with Crippen molar-refractivity contribution in [3.05, 3.63) is 89.7 Å². The molecule has 0 heterocycles. The van der Waals surface area contributed by atoms with Gasteiger partial charge in [0.25, 0.3) is 0 Å². The summed E-state index contributed by atoms with van der Waals surface area (Å²) < 4.78 is 24.3. The lowest BCUT2D eigenvalue weighted by molar-refractivity contribution is 0.103. The molecule has 24 heavy (non-hydrogen) atoms. The minimum Gasteiger partial charge on any atom is -0.494 e. The maximum Gasteiger partial charge on any atom is 0.193 e. The van der Waals surface area contributed by atoms with E-state index in [1.54, 1.807) is 30.3 Å². The minimum absolute atomic E-state index is 0.109. The third kappa shape index (κ3) is 3.43. The molecule has 3 nitrogen and oxygen atoms in total. The Morgan fingerprint density at radius 1 is 0.833 bits per heavy atom. The van der Waals surface area contributed by atoms with E-state index < -0.39 is 5.82 Å². The van der Waals surface area contributed by atoms with Crippen LogP contribution in [0, 0.1) is 5.82 Å². The third-order valence-corrected chi connectivity index (χ3v) is 3.51. The van der Waals surface area contributed by atoms with Crippen molar-refractivity contribution in [2.45, 2.75) is 0 Å². The van der Waals surface area contributed by atoms with E-state index in [9.17, 15) is 9.18 Å². The van der Waals surface area contributed by atoms with Crippen molar-refractivity contribution < 1.29 is 18.7 Å². The number of ether oxygens (including phenoxy) is 2. The molecule has 4 heteroatoms. The van der Waals surface area contributed by atoms with E-state index in [0.717, 1.165) is 0 Å². The van der Waals surface area contributed by atoms with Crippen molar-refractivity contribution in [3.8, 4) is 17.2 Å². The predicted molar refractivity (Wildman–Crippen MR) is 89.3 cm³/mol. The predicted octanol–water partition coefficient (Wildman–Crippen LogP) is 4.86. The lowest BCUT2D eigenvalue weighted by Crippen LogP contribution is -2.02. The van der Waals surface area contributed by atoms with Crippen molar-refractivity contribution in [3.63, 3.8) is 0 Å². The molecule has 0 aliphatic rings. The van der Waals surface area contributed by atoms with Crippen LogP contribution < -0.4 is 9.47 Å². The molecular formula is C20H15FO3. The summed E-state index contributed by atoms with van der Waals surface area (Å²) in [6.45, 7) is 0. The molecule has 0 fully saturated rings. The summed E-state index contributed by atoms with van der Waals surface area (Å²) in [5, 5.41) is 0. The maximum atomic E-state index is 13.7. The highest BCUT2D eigenvalue weighted by Gasteiger charge is 2.12. The molecule has 3 aromatic carbocycles. The fraction of sp³-hybridized carbons (Fsp3) is 0.0500. The van der Waals surface area contributed by atoms with Gasteiger partial charge in [0.15, 0.2) is 17.3 Å². The molecular weight excluding hydrogens is 307 g/mol. The van der Waals surface area contributed by atoms with Gasteiger partial charge in [-0.25, -0.2) is 4.39 Å². The molecule has 0 saturated heterocycles. The van der Waals surface area contributed by atoms with Crippen LogP contribution in [0.4, 0.5) is 4.39 Å². The fourth-order valence-corrected chi connectivity index (χ4v) is 2.27. The molecule has 0 unspecified atom stereocenters. The quantitative estimate of drug-likeness (QED) is 0.629. The molecule has 0 N–H and O–H groups in total. The van der Waals surface area contributed by atoms with Crippen LogP contribution in [0.5, 0.6) is 17.2 Å². The largest absolute Gasteiger partial charge is 0.494 e. The monoisotopic (exact) mass is 322 g/mol. The van der Waals surface area contributed by atoms with Gasteiger partial charge >= 0.3 is 0 Å². The first-order valence-electron chi connectivity index (χ1n) is 7.38. The molecule has 0 radical (unpaired) electrons. The fourth-order valence-electron chi connectivity index (χ4n) is 2.27. The van der Waals surface area contributed by atoms with Crippen LogP contribution in [-0.4, -0.2) is 12.9 Å². The van der Waals surface area contributed by atoms with E-state index in [1.807, 2.05) is 30.3 Å². The Labute approximate surface area is 139 Å². The van der Waals surface area contributed by atoms with Crippen molar-refractivity contribution in [1.82, 2.24) is 0 Å². The van der Waals surface area contributed by atoms with Crippen molar-refractivity contribution in [1.29, 1.82) is 0 Å². The van der Waals surface area contributed by atoms with Gasteiger partial charge in [-0.2, -0.15) is 0 Å². The van der Waals surface area contributed by atoms with Crippen molar-refractivity contribution in [2.75, 3.05) is 7.11 Å². The highest BCUT2D eigenvalue weighted by atomic mass is 19.1. The van der Waals surface area contributed by atoms with E-state index in [-0.39, 0.29) is 17.1 Å². The highest BCUT2D eigenvalue weighted by molar-refractivity contribution is 6.09. The molecule has 120 valence electrons. The van der Waals surface area contributed by atoms with E-state index in [1.165, 1.54) is 19.2 Å². The van der Waals surface area contributed by atoms with Crippen LogP contribution >= 0.6 is 0 Å². The number of hydrogen-bond donors (Lipinski definition) is 0. The SMILES string of the molecule is COc1ccc(C(=O)c2ccc(Oc3ccccc3)cc2)cc1F. The van der Waals surface area contributed by atoms with Crippen LogP contribution in [0.25, 0.3) is 0 Å². The van der Waals surface area contributed by atoms with Gasteiger partial charge < -0.3 is 9.47 Å². The number of methoxy groups -OCH3 is 1. The molecule has 0 amide bonds. The van der Waals surface area contributed by atoms with Gasteiger partial charge in [0, 0.05) is 11.1 Å². The lowest BCUT2D eigenvalue weighted by atomic mass is 10.0. The second kappa shape index (κ2) is 6.96. The second-order valence-electron chi connectivity index (χ2n) is 5.12. The summed E-state index contributed by atoms with van der Waals surface area (Å²) in [5.74, 6) is 0.626. The summed E-state index contributed by atoms with van der Waals surface area (Å²) in [6.07, 6.45) is 0. The molecule has 0 aliphatic carbocycles. The van der Waals surface area contributed by atoms with Gasteiger partial charge in [-0.1, -0.05) is 18.2 Å². The lowest BCUT2D eigenvalue weighted by Gasteiger charge is -2.07. The molecule has 3 rings (SSSR count). The molecule has 0 aromatic heterocycles. The van der Waals surface area contributed by atoms with E-state index in [0.29, 0.717) is 17.1 Å². The van der Waals surface area contributed by atoms with Crippen LogP contribution in [0.1, 0.15) is 15.9 Å². The zero-order valence-electron chi connectivity index (χ0n) is 13.0. The van der Waals surface area contributed by atoms with Crippen LogP contribution in [0.2, 0.25) is 0 Å². The van der Waals surface area contributed by atoms with Gasteiger partial charge in [0.2, 0.25) is 0 Å². The van der Waals surface area contributed by atoms with Crippen molar-refractivity contribution in [2.24, 2.45) is 0 Å². The molecule has 0 aliphatic heterocycles. The first-order valence-corrected chi connectivity index (χ1v) is 7.38. The second-order valence-corrected chi connectivity index (χ2v) is 5.12. The van der Waals surface area contributed by atoms with Gasteiger partial charge in [-0.3, -0.25) is 4.79 Å². The molecule has 0 atom stereocenters. The van der Waals surface area contributed by atoms with Gasteiger partial charge in [0.1, 0.15) is 11.5 Å². The average molecular weight is 322 g/mol. The Balaban J connectivity index is 1.77. The first-order chi connectivity index (χ1) is 11.7. The van der Waals surface area contributed by atoms with E-state index in [2.05, 4.69) is 0 Å². The molecule has 0 saturated carbocycles. The number of rotatable bonds is 5. The number of benzene rings is 3. The van der Waals surface area contributed by atoms with E-state index in [4.69, 9.17) is 9.47 Å². The molecule has 3 aromatic rings. The molecule has 0 bridgehead atoms. The smallest absolute Gasteiger partial charge is 0.193 e. The van der Waals surface area contributed by atoms with E-state index >= 15 is 0 Å².